The number of hydrogen-bond donors (Lipinski definition) is 1. The molecule has 3 atom stereocenters. The summed E-state index contributed by atoms with van der Waals surface area (Å²) in [5, 5.41) is 0. The molecule has 0 unspecified atom stereocenters. The van der Waals surface area contributed by atoms with E-state index in [1.807, 2.05) is 35.2 Å². The van der Waals surface area contributed by atoms with E-state index in [4.69, 9.17) is 5.73 Å². The molecule has 104 valence electrons. The Bertz CT molecular complexity index is 418. The maximum atomic E-state index is 12.2. The molecule has 0 saturated carbocycles. The molecule has 0 radical (unpaired) electrons. The van der Waals surface area contributed by atoms with Crippen LogP contribution in [0.25, 0.3) is 0 Å². The number of benzene rings is 1. The van der Waals surface area contributed by atoms with Crippen molar-refractivity contribution in [3.8, 4) is 0 Å². The van der Waals surface area contributed by atoms with Crippen molar-refractivity contribution in [2.75, 3.05) is 6.54 Å². The zero-order valence-electron chi connectivity index (χ0n) is 11.9. The van der Waals surface area contributed by atoms with Crippen LogP contribution in [-0.2, 0) is 4.79 Å². The predicted octanol–water partition coefficient (Wildman–Crippen LogP) is 2.72. The minimum atomic E-state index is -0.0412. The third kappa shape index (κ3) is 3.35. The highest BCUT2D eigenvalue weighted by Crippen LogP contribution is 2.25. The standard InChI is InChI=1S/C16H24N2O/c1-12-10-11-18(13(12)2)16(19)9-8-15(17)14-6-4-3-5-7-14/h3-7,12-13,15H,8-11,17H2,1-2H3/t12-,13+,15+/m1/s1. The molecule has 0 bridgehead atoms. The summed E-state index contributed by atoms with van der Waals surface area (Å²) in [6.07, 6.45) is 2.39. The highest BCUT2D eigenvalue weighted by atomic mass is 16.2. The van der Waals surface area contributed by atoms with E-state index in [9.17, 15) is 4.79 Å². The molecule has 3 nitrogen and oxygen atoms in total. The maximum Gasteiger partial charge on any atom is 0.222 e. The molecule has 2 rings (SSSR count). The number of likely N-dealkylation sites (tertiary alicyclic amines) is 1. The Morgan fingerprint density at radius 1 is 1.37 bits per heavy atom. The van der Waals surface area contributed by atoms with Gasteiger partial charge < -0.3 is 10.6 Å². The third-order valence-corrected chi connectivity index (χ3v) is 4.36. The van der Waals surface area contributed by atoms with Gasteiger partial charge in [0.15, 0.2) is 0 Å². The zero-order chi connectivity index (χ0) is 13.8. The number of nitrogens with zero attached hydrogens (tertiary/aromatic N) is 1. The number of carbonyl (C=O) groups excluding carboxylic acids is 1. The molecule has 0 spiro atoms. The lowest BCUT2D eigenvalue weighted by atomic mass is 10.0. The summed E-state index contributed by atoms with van der Waals surface area (Å²) < 4.78 is 0. The first-order valence-corrected chi connectivity index (χ1v) is 7.19. The third-order valence-electron chi connectivity index (χ3n) is 4.36. The van der Waals surface area contributed by atoms with Crippen molar-refractivity contribution < 1.29 is 4.79 Å². The van der Waals surface area contributed by atoms with Gasteiger partial charge in [0, 0.05) is 25.0 Å². The lowest BCUT2D eigenvalue weighted by Crippen LogP contribution is -2.35. The van der Waals surface area contributed by atoms with Gasteiger partial charge in [-0.3, -0.25) is 4.79 Å². The van der Waals surface area contributed by atoms with E-state index >= 15 is 0 Å². The van der Waals surface area contributed by atoms with Crippen molar-refractivity contribution in [1.29, 1.82) is 0 Å². The van der Waals surface area contributed by atoms with Crippen molar-refractivity contribution in [3.63, 3.8) is 0 Å². The van der Waals surface area contributed by atoms with E-state index in [1.54, 1.807) is 0 Å². The summed E-state index contributed by atoms with van der Waals surface area (Å²) in [5.74, 6) is 0.870. The molecule has 1 aromatic rings. The Hall–Kier alpha value is -1.35. The van der Waals surface area contributed by atoms with Gasteiger partial charge in [0.05, 0.1) is 0 Å². The van der Waals surface area contributed by atoms with Crippen LogP contribution in [0.4, 0.5) is 0 Å². The van der Waals surface area contributed by atoms with Crippen LogP contribution >= 0.6 is 0 Å². The van der Waals surface area contributed by atoms with Gasteiger partial charge in [0.25, 0.3) is 0 Å². The van der Waals surface area contributed by atoms with Gasteiger partial charge in [-0.05, 0) is 31.2 Å². The first-order valence-electron chi connectivity index (χ1n) is 7.19. The fourth-order valence-corrected chi connectivity index (χ4v) is 2.74. The van der Waals surface area contributed by atoms with E-state index in [-0.39, 0.29) is 11.9 Å². The van der Waals surface area contributed by atoms with Crippen LogP contribution in [0, 0.1) is 5.92 Å². The first kappa shape index (κ1) is 14.1. The first-order chi connectivity index (χ1) is 9.09. The summed E-state index contributed by atoms with van der Waals surface area (Å²) in [4.78, 5) is 14.2. The monoisotopic (exact) mass is 260 g/mol. The molecular weight excluding hydrogens is 236 g/mol. The van der Waals surface area contributed by atoms with E-state index in [0.29, 0.717) is 18.4 Å². The fourth-order valence-electron chi connectivity index (χ4n) is 2.74. The number of amides is 1. The van der Waals surface area contributed by atoms with Crippen LogP contribution in [0.3, 0.4) is 0 Å². The van der Waals surface area contributed by atoms with Gasteiger partial charge in [-0.25, -0.2) is 0 Å². The Morgan fingerprint density at radius 2 is 2.05 bits per heavy atom. The molecule has 1 aromatic carbocycles. The second kappa shape index (κ2) is 6.20. The lowest BCUT2D eigenvalue weighted by Gasteiger charge is -2.24. The quantitative estimate of drug-likeness (QED) is 0.904. The van der Waals surface area contributed by atoms with Crippen molar-refractivity contribution >= 4 is 5.91 Å². The van der Waals surface area contributed by atoms with E-state index in [2.05, 4.69) is 13.8 Å². The number of carbonyl (C=O) groups is 1. The maximum absolute atomic E-state index is 12.2. The molecular formula is C16H24N2O. The largest absolute Gasteiger partial charge is 0.340 e. The minimum Gasteiger partial charge on any atom is -0.340 e. The van der Waals surface area contributed by atoms with Crippen molar-refractivity contribution in [1.82, 2.24) is 4.90 Å². The molecule has 2 N–H and O–H groups in total. The summed E-state index contributed by atoms with van der Waals surface area (Å²) >= 11 is 0. The van der Waals surface area contributed by atoms with Crippen LogP contribution in [-0.4, -0.2) is 23.4 Å². The van der Waals surface area contributed by atoms with Gasteiger partial charge in [-0.15, -0.1) is 0 Å². The number of hydrogen-bond acceptors (Lipinski definition) is 2. The molecule has 1 fully saturated rings. The topological polar surface area (TPSA) is 46.3 Å². The Morgan fingerprint density at radius 3 is 2.63 bits per heavy atom. The van der Waals surface area contributed by atoms with Crippen LogP contribution < -0.4 is 5.73 Å². The van der Waals surface area contributed by atoms with Gasteiger partial charge >= 0.3 is 0 Å². The molecule has 0 aliphatic carbocycles. The molecule has 1 heterocycles. The number of nitrogens with two attached hydrogens (primary N) is 1. The Labute approximate surface area is 115 Å². The molecule has 3 heteroatoms. The van der Waals surface area contributed by atoms with Gasteiger partial charge in [-0.2, -0.15) is 0 Å². The average Bonchev–Trinajstić information content (AvgIpc) is 2.77. The summed E-state index contributed by atoms with van der Waals surface area (Å²) in [5.41, 5.74) is 7.24. The summed E-state index contributed by atoms with van der Waals surface area (Å²) in [6.45, 7) is 5.27. The van der Waals surface area contributed by atoms with Gasteiger partial charge in [0.1, 0.15) is 0 Å². The molecule has 19 heavy (non-hydrogen) atoms. The SMILES string of the molecule is C[C@@H]1CCN(C(=O)CC[C@H](N)c2ccccc2)[C@H]1C. The van der Waals surface area contributed by atoms with Crippen molar-refractivity contribution in [3.05, 3.63) is 35.9 Å². The highest BCUT2D eigenvalue weighted by Gasteiger charge is 2.30. The van der Waals surface area contributed by atoms with Gasteiger partial charge in [0.2, 0.25) is 5.91 Å². The Balaban J connectivity index is 1.84. The molecule has 0 aromatic heterocycles. The second-order valence-corrected chi connectivity index (χ2v) is 5.65. The normalized spacial score (nSPS) is 24.5. The molecule has 1 saturated heterocycles. The van der Waals surface area contributed by atoms with Crippen molar-refractivity contribution in [2.45, 2.75) is 45.2 Å². The molecule has 1 aliphatic rings. The van der Waals surface area contributed by atoms with E-state index in [0.717, 1.165) is 24.9 Å². The predicted molar refractivity (Wildman–Crippen MR) is 77.6 cm³/mol. The van der Waals surface area contributed by atoms with Crippen LogP contribution in [0.5, 0.6) is 0 Å². The smallest absolute Gasteiger partial charge is 0.222 e. The highest BCUT2D eigenvalue weighted by molar-refractivity contribution is 5.76. The molecule has 1 aliphatic heterocycles. The number of rotatable bonds is 4. The summed E-state index contributed by atoms with van der Waals surface area (Å²) in [7, 11) is 0. The van der Waals surface area contributed by atoms with Crippen LogP contribution in [0.2, 0.25) is 0 Å². The van der Waals surface area contributed by atoms with Crippen LogP contribution in [0.15, 0.2) is 30.3 Å². The van der Waals surface area contributed by atoms with Gasteiger partial charge in [-0.1, -0.05) is 37.3 Å². The zero-order valence-corrected chi connectivity index (χ0v) is 11.9. The minimum absolute atomic E-state index is 0.0412. The molecule has 1 amide bonds. The van der Waals surface area contributed by atoms with E-state index in [1.165, 1.54) is 0 Å². The van der Waals surface area contributed by atoms with E-state index < -0.39 is 0 Å². The fraction of sp³-hybridized carbons (Fsp3) is 0.562. The second-order valence-electron chi connectivity index (χ2n) is 5.65. The summed E-state index contributed by atoms with van der Waals surface area (Å²) in [6, 6.07) is 10.3. The average molecular weight is 260 g/mol. The lowest BCUT2D eigenvalue weighted by molar-refractivity contribution is -0.132. The Kier molecular flexibility index (Phi) is 4.59. The van der Waals surface area contributed by atoms with Crippen molar-refractivity contribution in [2.24, 2.45) is 11.7 Å². The van der Waals surface area contributed by atoms with Crippen LogP contribution in [0.1, 0.15) is 44.7 Å².